The fourth-order valence-corrected chi connectivity index (χ4v) is 2.31. The van der Waals surface area contributed by atoms with Crippen LogP contribution in [0, 0.1) is 6.92 Å². The van der Waals surface area contributed by atoms with Crippen LogP contribution in [-0.4, -0.2) is 9.97 Å². The number of nitrogens with two attached hydrogens (primary N) is 1. The molecule has 0 aliphatic carbocycles. The SMILES string of the molecule is Cc1ccccc1CSc1cc(N)ncn1. The van der Waals surface area contributed by atoms with Gasteiger partial charge in [0, 0.05) is 11.8 Å². The lowest BCUT2D eigenvalue weighted by atomic mass is 10.1. The van der Waals surface area contributed by atoms with E-state index in [1.165, 1.54) is 17.5 Å². The van der Waals surface area contributed by atoms with Crippen molar-refractivity contribution in [3.63, 3.8) is 0 Å². The van der Waals surface area contributed by atoms with Gasteiger partial charge in [-0.05, 0) is 18.1 Å². The van der Waals surface area contributed by atoms with Gasteiger partial charge in [0.25, 0.3) is 0 Å². The van der Waals surface area contributed by atoms with Crippen LogP contribution in [0.1, 0.15) is 11.1 Å². The Labute approximate surface area is 99.1 Å². The Balaban J connectivity index is 2.05. The van der Waals surface area contributed by atoms with Crippen molar-refractivity contribution in [1.29, 1.82) is 0 Å². The molecule has 0 atom stereocenters. The van der Waals surface area contributed by atoms with Gasteiger partial charge in [0.2, 0.25) is 0 Å². The number of nitrogen functional groups attached to an aromatic ring is 1. The summed E-state index contributed by atoms with van der Waals surface area (Å²) in [5.41, 5.74) is 8.22. The molecule has 4 heteroatoms. The highest BCUT2D eigenvalue weighted by Crippen LogP contribution is 2.22. The second-order valence-electron chi connectivity index (χ2n) is 3.50. The van der Waals surface area contributed by atoms with E-state index in [9.17, 15) is 0 Å². The molecule has 16 heavy (non-hydrogen) atoms. The van der Waals surface area contributed by atoms with Gasteiger partial charge in [0.05, 0.1) is 0 Å². The normalized spacial score (nSPS) is 10.3. The fourth-order valence-electron chi connectivity index (χ4n) is 1.36. The van der Waals surface area contributed by atoms with Crippen molar-refractivity contribution in [3.8, 4) is 0 Å². The molecule has 1 aromatic heterocycles. The van der Waals surface area contributed by atoms with Crippen molar-refractivity contribution in [3.05, 3.63) is 47.8 Å². The standard InChI is InChI=1S/C12H13N3S/c1-9-4-2-3-5-10(9)7-16-12-6-11(13)14-8-15-12/h2-6,8H,7H2,1H3,(H2,13,14,15). The van der Waals surface area contributed by atoms with Crippen LogP contribution in [0.25, 0.3) is 0 Å². The van der Waals surface area contributed by atoms with Gasteiger partial charge >= 0.3 is 0 Å². The van der Waals surface area contributed by atoms with Gasteiger partial charge in [-0.1, -0.05) is 24.3 Å². The number of anilines is 1. The average Bonchev–Trinajstić information content (AvgIpc) is 2.28. The summed E-state index contributed by atoms with van der Waals surface area (Å²) in [5, 5.41) is 0.913. The number of thioether (sulfide) groups is 1. The zero-order valence-electron chi connectivity index (χ0n) is 9.05. The third kappa shape index (κ3) is 2.73. The molecule has 1 heterocycles. The van der Waals surface area contributed by atoms with Crippen molar-refractivity contribution in [2.75, 3.05) is 5.73 Å². The van der Waals surface area contributed by atoms with Crippen LogP contribution in [0.4, 0.5) is 5.82 Å². The van der Waals surface area contributed by atoms with Gasteiger partial charge in [-0.2, -0.15) is 0 Å². The fraction of sp³-hybridized carbons (Fsp3) is 0.167. The highest BCUT2D eigenvalue weighted by atomic mass is 32.2. The molecule has 3 nitrogen and oxygen atoms in total. The van der Waals surface area contributed by atoms with Gasteiger partial charge < -0.3 is 5.73 Å². The third-order valence-corrected chi connectivity index (χ3v) is 3.27. The van der Waals surface area contributed by atoms with Crippen LogP contribution in [0.5, 0.6) is 0 Å². The van der Waals surface area contributed by atoms with Crippen molar-refractivity contribution in [1.82, 2.24) is 9.97 Å². The predicted molar refractivity (Wildman–Crippen MR) is 67.2 cm³/mol. The molecule has 82 valence electrons. The summed E-state index contributed by atoms with van der Waals surface area (Å²) < 4.78 is 0. The van der Waals surface area contributed by atoms with E-state index in [1.807, 2.05) is 6.07 Å². The molecule has 0 unspecified atom stereocenters. The maximum absolute atomic E-state index is 5.59. The van der Waals surface area contributed by atoms with E-state index in [2.05, 4.69) is 35.1 Å². The Morgan fingerprint density at radius 3 is 2.81 bits per heavy atom. The Morgan fingerprint density at radius 1 is 1.25 bits per heavy atom. The molecule has 2 N–H and O–H groups in total. The zero-order chi connectivity index (χ0) is 11.4. The Bertz CT molecular complexity index is 485. The second kappa shape index (κ2) is 4.99. The number of hydrogen-bond donors (Lipinski definition) is 1. The zero-order valence-corrected chi connectivity index (χ0v) is 9.87. The van der Waals surface area contributed by atoms with Crippen LogP contribution in [0.3, 0.4) is 0 Å². The monoisotopic (exact) mass is 231 g/mol. The predicted octanol–water partition coefficient (Wildman–Crippen LogP) is 2.66. The van der Waals surface area contributed by atoms with E-state index in [0.717, 1.165) is 10.8 Å². The van der Waals surface area contributed by atoms with E-state index in [-0.39, 0.29) is 0 Å². The van der Waals surface area contributed by atoms with Crippen molar-refractivity contribution < 1.29 is 0 Å². The Morgan fingerprint density at radius 2 is 2.06 bits per heavy atom. The summed E-state index contributed by atoms with van der Waals surface area (Å²) in [6.45, 7) is 2.12. The molecule has 0 aliphatic heterocycles. The molecule has 2 aromatic rings. The van der Waals surface area contributed by atoms with Crippen molar-refractivity contribution >= 4 is 17.6 Å². The number of nitrogens with zero attached hydrogens (tertiary/aromatic N) is 2. The molecule has 1 aromatic carbocycles. The van der Waals surface area contributed by atoms with Crippen LogP contribution >= 0.6 is 11.8 Å². The van der Waals surface area contributed by atoms with Crippen LogP contribution < -0.4 is 5.73 Å². The molecule has 0 aliphatic rings. The van der Waals surface area contributed by atoms with Gasteiger partial charge in [0.1, 0.15) is 17.2 Å². The topological polar surface area (TPSA) is 51.8 Å². The minimum atomic E-state index is 0.516. The van der Waals surface area contributed by atoms with Crippen LogP contribution in [-0.2, 0) is 5.75 Å². The van der Waals surface area contributed by atoms with E-state index in [0.29, 0.717) is 5.82 Å². The number of hydrogen-bond acceptors (Lipinski definition) is 4. The molecular weight excluding hydrogens is 218 g/mol. The van der Waals surface area contributed by atoms with Gasteiger partial charge in [-0.25, -0.2) is 9.97 Å². The summed E-state index contributed by atoms with van der Waals surface area (Å²) in [6.07, 6.45) is 1.50. The molecule has 0 saturated carbocycles. The molecule has 2 rings (SSSR count). The number of rotatable bonds is 3. The molecule has 0 fully saturated rings. The maximum atomic E-state index is 5.59. The minimum absolute atomic E-state index is 0.516. The van der Waals surface area contributed by atoms with Gasteiger partial charge in [-0.15, -0.1) is 11.8 Å². The molecule has 0 radical (unpaired) electrons. The van der Waals surface area contributed by atoms with Crippen LogP contribution in [0.15, 0.2) is 41.7 Å². The highest BCUT2D eigenvalue weighted by Gasteiger charge is 2.00. The lowest BCUT2D eigenvalue weighted by molar-refractivity contribution is 1.05. The minimum Gasteiger partial charge on any atom is -0.384 e. The number of aryl methyl sites for hydroxylation is 1. The third-order valence-electron chi connectivity index (χ3n) is 2.30. The van der Waals surface area contributed by atoms with E-state index >= 15 is 0 Å². The first-order valence-corrected chi connectivity index (χ1v) is 5.99. The summed E-state index contributed by atoms with van der Waals surface area (Å²) in [4.78, 5) is 8.02. The number of aromatic nitrogens is 2. The first-order chi connectivity index (χ1) is 7.75. The lowest BCUT2D eigenvalue weighted by Gasteiger charge is -2.04. The maximum Gasteiger partial charge on any atom is 0.127 e. The summed E-state index contributed by atoms with van der Waals surface area (Å²) in [5.74, 6) is 1.42. The smallest absolute Gasteiger partial charge is 0.127 e. The number of benzene rings is 1. The Kier molecular flexibility index (Phi) is 3.41. The van der Waals surface area contributed by atoms with Crippen molar-refractivity contribution in [2.45, 2.75) is 17.7 Å². The summed E-state index contributed by atoms with van der Waals surface area (Å²) in [6, 6.07) is 10.1. The molecular formula is C12H13N3S. The first-order valence-electron chi connectivity index (χ1n) is 5.00. The van der Waals surface area contributed by atoms with Gasteiger partial charge in [-0.3, -0.25) is 0 Å². The molecule has 0 amide bonds. The van der Waals surface area contributed by atoms with Gasteiger partial charge in [0.15, 0.2) is 0 Å². The first kappa shape index (κ1) is 11.0. The summed E-state index contributed by atoms with van der Waals surface area (Å²) in [7, 11) is 0. The van der Waals surface area contributed by atoms with E-state index in [1.54, 1.807) is 17.8 Å². The van der Waals surface area contributed by atoms with Crippen molar-refractivity contribution in [2.24, 2.45) is 0 Å². The quantitative estimate of drug-likeness (QED) is 0.651. The average molecular weight is 231 g/mol. The Hall–Kier alpha value is -1.55. The molecule has 0 saturated heterocycles. The van der Waals surface area contributed by atoms with Crippen LogP contribution in [0.2, 0.25) is 0 Å². The molecule has 0 spiro atoms. The van der Waals surface area contributed by atoms with E-state index < -0.39 is 0 Å². The highest BCUT2D eigenvalue weighted by molar-refractivity contribution is 7.98. The largest absolute Gasteiger partial charge is 0.384 e. The van der Waals surface area contributed by atoms with E-state index in [4.69, 9.17) is 5.73 Å². The lowest BCUT2D eigenvalue weighted by Crippen LogP contribution is -1.92. The molecule has 0 bridgehead atoms. The summed E-state index contributed by atoms with van der Waals surface area (Å²) >= 11 is 1.67. The second-order valence-corrected chi connectivity index (χ2v) is 4.49.